The maximum absolute atomic E-state index is 11.3. The van der Waals surface area contributed by atoms with Crippen molar-refractivity contribution in [1.82, 2.24) is 9.88 Å². The Balaban J connectivity index is 2.50. The topological polar surface area (TPSA) is 73.2 Å². The van der Waals surface area contributed by atoms with Gasteiger partial charge in [-0.15, -0.1) is 0 Å². The molecule has 1 atom stereocenters. The van der Waals surface area contributed by atoms with Crippen molar-refractivity contribution in [1.29, 1.82) is 0 Å². The molecular formula is C11H15N3O2. The van der Waals surface area contributed by atoms with Crippen molar-refractivity contribution in [2.45, 2.75) is 6.04 Å². The van der Waals surface area contributed by atoms with E-state index in [4.69, 9.17) is 10.2 Å². The molecule has 1 aromatic carbocycles. The van der Waals surface area contributed by atoms with Crippen LogP contribution in [0.15, 0.2) is 27.4 Å². The second kappa shape index (κ2) is 4.11. The first kappa shape index (κ1) is 10.9. The normalized spacial score (nSPS) is 13.2. The molecule has 86 valence electrons. The summed E-state index contributed by atoms with van der Waals surface area (Å²) >= 11 is 0. The van der Waals surface area contributed by atoms with Gasteiger partial charge in [-0.1, -0.05) is 6.07 Å². The Hall–Kier alpha value is -1.59. The maximum atomic E-state index is 11.3. The van der Waals surface area contributed by atoms with Crippen LogP contribution in [0.5, 0.6) is 0 Å². The highest BCUT2D eigenvalue weighted by Crippen LogP contribution is 2.17. The summed E-state index contributed by atoms with van der Waals surface area (Å²) in [6.07, 6.45) is 0. The summed E-state index contributed by atoms with van der Waals surface area (Å²) in [6, 6.07) is 5.47. The van der Waals surface area contributed by atoms with E-state index in [9.17, 15) is 4.79 Å². The van der Waals surface area contributed by atoms with Crippen molar-refractivity contribution >= 4 is 11.1 Å². The van der Waals surface area contributed by atoms with Crippen molar-refractivity contribution < 1.29 is 4.42 Å². The molecule has 0 radical (unpaired) electrons. The minimum atomic E-state index is -0.352. The first-order valence-electron chi connectivity index (χ1n) is 5.13. The van der Waals surface area contributed by atoms with Crippen LogP contribution in [0.1, 0.15) is 11.6 Å². The lowest BCUT2D eigenvalue weighted by molar-refractivity contribution is 0.528. The van der Waals surface area contributed by atoms with E-state index in [1.54, 1.807) is 13.1 Å². The lowest BCUT2D eigenvalue weighted by atomic mass is 10.1. The zero-order valence-electron chi connectivity index (χ0n) is 9.36. The molecule has 5 heteroatoms. The van der Waals surface area contributed by atoms with Gasteiger partial charge in [-0.25, -0.2) is 4.79 Å². The van der Waals surface area contributed by atoms with Crippen LogP contribution in [0.4, 0.5) is 0 Å². The monoisotopic (exact) mass is 221 g/mol. The lowest BCUT2D eigenvalue weighted by Gasteiger charge is -2.10. The van der Waals surface area contributed by atoms with Gasteiger partial charge in [-0.3, -0.25) is 4.57 Å². The number of aryl methyl sites for hydroxylation is 1. The number of hydrogen-bond donors (Lipinski definition) is 2. The fourth-order valence-corrected chi connectivity index (χ4v) is 1.71. The fourth-order valence-electron chi connectivity index (χ4n) is 1.71. The summed E-state index contributed by atoms with van der Waals surface area (Å²) in [7, 11) is 3.54. The van der Waals surface area contributed by atoms with Gasteiger partial charge in [0.2, 0.25) is 0 Å². The van der Waals surface area contributed by atoms with E-state index in [0.29, 0.717) is 12.1 Å². The summed E-state index contributed by atoms with van der Waals surface area (Å²) in [6.45, 7) is 0.692. The number of fused-ring (bicyclic) bond motifs is 1. The van der Waals surface area contributed by atoms with Crippen LogP contribution in [-0.2, 0) is 7.05 Å². The van der Waals surface area contributed by atoms with Crippen LogP contribution >= 0.6 is 0 Å². The van der Waals surface area contributed by atoms with E-state index in [1.165, 1.54) is 4.57 Å². The van der Waals surface area contributed by atoms with Gasteiger partial charge >= 0.3 is 5.76 Å². The van der Waals surface area contributed by atoms with Crippen molar-refractivity contribution in [2.75, 3.05) is 13.6 Å². The molecule has 1 aromatic heterocycles. The predicted molar refractivity (Wildman–Crippen MR) is 62.3 cm³/mol. The number of likely N-dealkylation sites (N-methyl/N-ethyl adjacent to an activating group) is 1. The zero-order chi connectivity index (χ0) is 11.7. The van der Waals surface area contributed by atoms with Gasteiger partial charge in [-0.05, 0) is 24.7 Å². The second-order valence-corrected chi connectivity index (χ2v) is 3.82. The summed E-state index contributed by atoms with van der Waals surface area (Å²) in [5, 5.41) is 3.02. The molecule has 0 aliphatic heterocycles. The van der Waals surface area contributed by atoms with Gasteiger partial charge in [0.1, 0.15) is 0 Å². The molecule has 0 amide bonds. The third kappa shape index (κ3) is 1.75. The van der Waals surface area contributed by atoms with Gasteiger partial charge in [0, 0.05) is 19.6 Å². The fraction of sp³-hybridized carbons (Fsp3) is 0.364. The quantitative estimate of drug-likeness (QED) is 0.784. The molecule has 16 heavy (non-hydrogen) atoms. The van der Waals surface area contributed by atoms with E-state index >= 15 is 0 Å². The highest BCUT2D eigenvalue weighted by Gasteiger charge is 2.10. The van der Waals surface area contributed by atoms with Crippen molar-refractivity contribution in [3.05, 3.63) is 34.3 Å². The van der Waals surface area contributed by atoms with E-state index in [1.807, 2.05) is 19.2 Å². The Morgan fingerprint density at radius 2 is 2.31 bits per heavy atom. The standard InChI is InChI=1S/C11H15N3O2/c1-13-6-8(12)7-3-4-10-9(5-7)14(2)11(15)16-10/h3-5,8,13H,6,12H2,1-2H3. The Labute approximate surface area is 92.8 Å². The van der Waals surface area contributed by atoms with Crippen LogP contribution < -0.4 is 16.8 Å². The van der Waals surface area contributed by atoms with Gasteiger partial charge in [-0.2, -0.15) is 0 Å². The number of nitrogens with zero attached hydrogens (tertiary/aromatic N) is 1. The number of benzene rings is 1. The Morgan fingerprint density at radius 3 is 3.00 bits per heavy atom. The molecule has 5 nitrogen and oxygen atoms in total. The van der Waals surface area contributed by atoms with E-state index in [-0.39, 0.29) is 11.8 Å². The minimum absolute atomic E-state index is 0.0839. The van der Waals surface area contributed by atoms with E-state index < -0.39 is 0 Å². The van der Waals surface area contributed by atoms with Crippen LogP contribution in [0.3, 0.4) is 0 Å². The van der Waals surface area contributed by atoms with Crippen molar-refractivity contribution in [2.24, 2.45) is 12.8 Å². The van der Waals surface area contributed by atoms with Crippen molar-refractivity contribution in [3.63, 3.8) is 0 Å². The van der Waals surface area contributed by atoms with Gasteiger partial charge < -0.3 is 15.5 Å². The number of nitrogens with one attached hydrogen (secondary N) is 1. The van der Waals surface area contributed by atoms with E-state index in [2.05, 4.69) is 5.32 Å². The predicted octanol–water partition coefficient (Wildman–Crippen LogP) is 0.351. The maximum Gasteiger partial charge on any atom is 0.419 e. The molecule has 2 aromatic rings. The lowest BCUT2D eigenvalue weighted by Crippen LogP contribution is -2.23. The zero-order valence-corrected chi connectivity index (χ0v) is 9.36. The first-order valence-corrected chi connectivity index (χ1v) is 5.13. The first-order chi connectivity index (χ1) is 7.63. The minimum Gasteiger partial charge on any atom is -0.408 e. The number of oxazole rings is 1. The van der Waals surface area contributed by atoms with Crippen molar-refractivity contribution in [3.8, 4) is 0 Å². The summed E-state index contributed by atoms with van der Waals surface area (Å²) < 4.78 is 6.52. The number of hydrogen-bond acceptors (Lipinski definition) is 4. The van der Waals surface area contributed by atoms with Crippen LogP contribution in [0.25, 0.3) is 11.1 Å². The molecule has 0 aliphatic rings. The third-order valence-corrected chi connectivity index (χ3v) is 2.67. The smallest absolute Gasteiger partial charge is 0.408 e. The molecule has 1 heterocycles. The number of rotatable bonds is 3. The molecular weight excluding hydrogens is 206 g/mol. The summed E-state index contributed by atoms with van der Waals surface area (Å²) in [4.78, 5) is 11.3. The van der Waals surface area contributed by atoms with Gasteiger partial charge in [0.25, 0.3) is 0 Å². The SMILES string of the molecule is CNCC(N)c1ccc2oc(=O)n(C)c2c1. The highest BCUT2D eigenvalue weighted by atomic mass is 16.4. The molecule has 0 fully saturated rings. The van der Waals surface area contributed by atoms with Gasteiger partial charge in [0.05, 0.1) is 5.52 Å². The Kier molecular flexibility index (Phi) is 2.80. The Bertz CT molecular complexity index is 556. The Morgan fingerprint density at radius 1 is 1.56 bits per heavy atom. The molecule has 0 saturated heterocycles. The van der Waals surface area contributed by atoms with Gasteiger partial charge in [0.15, 0.2) is 5.58 Å². The molecule has 0 saturated carbocycles. The molecule has 0 bridgehead atoms. The largest absolute Gasteiger partial charge is 0.419 e. The van der Waals surface area contributed by atoms with Crippen LogP contribution in [-0.4, -0.2) is 18.2 Å². The molecule has 1 unspecified atom stereocenters. The second-order valence-electron chi connectivity index (χ2n) is 3.82. The van der Waals surface area contributed by atoms with Crippen LogP contribution in [0.2, 0.25) is 0 Å². The molecule has 2 rings (SSSR count). The summed E-state index contributed by atoms with van der Waals surface area (Å²) in [5.74, 6) is -0.352. The molecule has 0 aliphatic carbocycles. The van der Waals surface area contributed by atoms with Crippen LogP contribution in [0, 0.1) is 0 Å². The highest BCUT2D eigenvalue weighted by molar-refractivity contribution is 5.73. The summed E-state index contributed by atoms with van der Waals surface area (Å²) in [5.41, 5.74) is 8.32. The number of nitrogens with two attached hydrogens (primary N) is 1. The molecule has 0 spiro atoms. The van der Waals surface area contributed by atoms with E-state index in [0.717, 1.165) is 11.1 Å². The number of aromatic nitrogens is 1. The third-order valence-electron chi connectivity index (χ3n) is 2.67. The average Bonchev–Trinajstić information content (AvgIpc) is 2.55. The average molecular weight is 221 g/mol. The molecule has 3 N–H and O–H groups in total.